The summed E-state index contributed by atoms with van der Waals surface area (Å²) in [5, 5.41) is 10.6. The average molecular weight is 304 g/mol. The molecular weight excluding hydrogens is 288 g/mol. The lowest BCUT2D eigenvalue weighted by Gasteiger charge is -2.05. The Balaban J connectivity index is 1.61. The molecule has 9 heteroatoms. The number of nitrogen functional groups attached to an aromatic ring is 2. The number of rotatable bonds is 5. The molecule has 0 saturated carbocycles. The second-order valence-corrected chi connectivity index (χ2v) is 5.54. The molecule has 110 valence electrons. The fourth-order valence-corrected chi connectivity index (χ4v) is 2.63. The molecule has 0 bridgehead atoms. The Bertz CT molecular complexity index is 762. The lowest BCUT2D eigenvalue weighted by molar-refractivity contribution is 0.784. The first-order valence-electron chi connectivity index (χ1n) is 6.52. The van der Waals surface area contributed by atoms with Crippen molar-refractivity contribution in [1.29, 1.82) is 0 Å². The van der Waals surface area contributed by atoms with Crippen LogP contribution in [0, 0.1) is 0 Å². The Morgan fingerprint density at radius 3 is 2.90 bits per heavy atom. The second-order valence-electron chi connectivity index (χ2n) is 4.65. The fourth-order valence-electron chi connectivity index (χ4n) is 2.03. The standard InChI is InChI=1S/C12H16N8S/c1-20-10-8(5-16-20)9(13)18-12(19-10)15-4-2-3-7-6-21-11(14)17-7/h5-6H,2-4H2,1H3,(H2,14,17)(H3,13,15,18,19). The summed E-state index contributed by atoms with van der Waals surface area (Å²) in [6, 6.07) is 0. The van der Waals surface area contributed by atoms with Gasteiger partial charge in [0.2, 0.25) is 5.95 Å². The Morgan fingerprint density at radius 2 is 2.14 bits per heavy atom. The average Bonchev–Trinajstić information content (AvgIpc) is 3.02. The summed E-state index contributed by atoms with van der Waals surface area (Å²) in [4.78, 5) is 12.9. The van der Waals surface area contributed by atoms with E-state index in [1.807, 2.05) is 12.4 Å². The van der Waals surface area contributed by atoms with E-state index >= 15 is 0 Å². The Morgan fingerprint density at radius 1 is 1.29 bits per heavy atom. The molecule has 0 spiro atoms. The zero-order valence-corrected chi connectivity index (χ0v) is 12.4. The highest BCUT2D eigenvalue weighted by Crippen LogP contribution is 2.18. The highest BCUT2D eigenvalue weighted by atomic mass is 32.1. The van der Waals surface area contributed by atoms with Gasteiger partial charge < -0.3 is 16.8 Å². The molecule has 3 rings (SSSR count). The van der Waals surface area contributed by atoms with E-state index in [4.69, 9.17) is 11.5 Å². The number of aryl methyl sites for hydroxylation is 2. The van der Waals surface area contributed by atoms with E-state index in [2.05, 4.69) is 25.4 Å². The van der Waals surface area contributed by atoms with Gasteiger partial charge in [-0.05, 0) is 12.8 Å². The molecule has 3 aromatic rings. The summed E-state index contributed by atoms with van der Waals surface area (Å²) < 4.78 is 1.68. The molecule has 0 atom stereocenters. The van der Waals surface area contributed by atoms with E-state index in [1.165, 1.54) is 11.3 Å². The normalized spacial score (nSPS) is 11.1. The van der Waals surface area contributed by atoms with Crippen LogP contribution in [0.3, 0.4) is 0 Å². The van der Waals surface area contributed by atoms with Crippen molar-refractivity contribution in [1.82, 2.24) is 24.7 Å². The molecule has 0 fully saturated rings. The fraction of sp³-hybridized carbons (Fsp3) is 0.333. The number of nitrogens with zero attached hydrogens (tertiary/aromatic N) is 5. The van der Waals surface area contributed by atoms with Crippen LogP contribution in [0.2, 0.25) is 0 Å². The molecule has 0 aliphatic heterocycles. The van der Waals surface area contributed by atoms with Gasteiger partial charge in [-0.1, -0.05) is 0 Å². The van der Waals surface area contributed by atoms with Crippen molar-refractivity contribution in [2.24, 2.45) is 7.05 Å². The van der Waals surface area contributed by atoms with Crippen LogP contribution in [0.15, 0.2) is 11.6 Å². The Labute approximate surface area is 125 Å². The largest absolute Gasteiger partial charge is 0.383 e. The van der Waals surface area contributed by atoms with Gasteiger partial charge >= 0.3 is 0 Å². The van der Waals surface area contributed by atoms with Crippen LogP contribution in [0.5, 0.6) is 0 Å². The number of anilines is 3. The topological polar surface area (TPSA) is 121 Å². The first kappa shape index (κ1) is 13.6. The number of thiazole rings is 1. The molecule has 3 aromatic heterocycles. The summed E-state index contributed by atoms with van der Waals surface area (Å²) in [6.45, 7) is 0.736. The molecule has 3 heterocycles. The van der Waals surface area contributed by atoms with Gasteiger partial charge in [0.25, 0.3) is 0 Å². The quantitative estimate of drug-likeness (QED) is 0.602. The minimum atomic E-state index is 0.433. The SMILES string of the molecule is Cn1ncc2c(N)nc(NCCCc3csc(N)n3)nc21. The van der Waals surface area contributed by atoms with E-state index < -0.39 is 0 Å². The van der Waals surface area contributed by atoms with Gasteiger partial charge in [-0.25, -0.2) is 4.98 Å². The molecule has 0 radical (unpaired) electrons. The molecule has 8 nitrogen and oxygen atoms in total. The predicted molar refractivity (Wildman–Crippen MR) is 84.1 cm³/mol. The van der Waals surface area contributed by atoms with Crippen molar-refractivity contribution in [3.8, 4) is 0 Å². The first-order chi connectivity index (χ1) is 10.1. The van der Waals surface area contributed by atoms with E-state index in [-0.39, 0.29) is 0 Å². The van der Waals surface area contributed by atoms with Gasteiger partial charge in [-0.2, -0.15) is 15.1 Å². The maximum Gasteiger partial charge on any atom is 0.226 e. The Kier molecular flexibility index (Phi) is 3.57. The monoisotopic (exact) mass is 304 g/mol. The molecule has 0 aliphatic rings. The lowest BCUT2D eigenvalue weighted by atomic mass is 10.2. The van der Waals surface area contributed by atoms with Crippen molar-refractivity contribution >= 4 is 39.3 Å². The summed E-state index contributed by atoms with van der Waals surface area (Å²) in [5.41, 5.74) is 13.2. The minimum absolute atomic E-state index is 0.433. The van der Waals surface area contributed by atoms with Crippen LogP contribution in [-0.4, -0.2) is 31.3 Å². The van der Waals surface area contributed by atoms with Gasteiger partial charge in [0, 0.05) is 19.0 Å². The van der Waals surface area contributed by atoms with E-state index in [0.29, 0.717) is 16.9 Å². The van der Waals surface area contributed by atoms with Crippen molar-refractivity contribution in [3.05, 3.63) is 17.3 Å². The van der Waals surface area contributed by atoms with Crippen LogP contribution in [-0.2, 0) is 13.5 Å². The number of nitrogens with one attached hydrogen (secondary N) is 1. The molecule has 0 aliphatic carbocycles. The number of hydrogen-bond acceptors (Lipinski definition) is 8. The first-order valence-corrected chi connectivity index (χ1v) is 7.40. The van der Waals surface area contributed by atoms with Crippen LogP contribution >= 0.6 is 11.3 Å². The highest BCUT2D eigenvalue weighted by Gasteiger charge is 2.08. The molecule has 0 saturated heterocycles. The van der Waals surface area contributed by atoms with Crippen molar-refractivity contribution in [2.45, 2.75) is 12.8 Å². The molecule has 21 heavy (non-hydrogen) atoms. The zero-order valence-electron chi connectivity index (χ0n) is 11.6. The predicted octanol–water partition coefficient (Wildman–Crippen LogP) is 1.03. The number of fused-ring (bicyclic) bond motifs is 1. The maximum absolute atomic E-state index is 5.90. The summed E-state index contributed by atoms with van der Waals surface area (Å²) in [5.74, 6) is 0.948. The van der Waals surface area contributed by atoms with Gasteiger partial charge in [-0.3, -0.25) is 4.68 Å². The van der Waals surface area contributed by atoms with Gasteiger partial charge in [0.15, 0.2) is 10.8 Å². The Hall–Kier alpha value is -2.42. The van der Waals surface area contributed by atoms with E-state index in [9.17, 15) is 0 Å². The zero-order chi connectivity index (χ0) is 14.8. The second kappa shape index (κ2) is 5.52. The van der Waals surface area contributed by atoms with Crippen LogP contribution in [0.4, 0.5) is 16.9 Å². The van der Waals surface area contributed by atoms with Crippen molar-refractivity contribution < 1.29 is 0 Å². The van der Waals surface area contributed by atoms with Gasteiger partial charge in [0.05, 0.1) is 17.3 Å². The van der Waals surface area contributed by atoms with Crippen LogP contribution < -0.4 is 16.8 Å². The molecule has 0 aromatic carbocycles. The third-order valence-corrected chi connectivity index (χ3v) is 3.81. The van der Waals surface area contributed by atoms with Crippen molar-refractivity contribution in [3.63, 3.8) is 0 Å². The van der Waals surface area contributed by atoms with Crippen molar-refractivity contribution in [2.75, 3.05) is 23.3 Å². The third kappa shape index (κ3) is 2.87. The number of aromatic nitrogens is 5. The summed E-state index contributed by atoms with van der Waals surface area (Å²) in [6.07, 6.45) is 3.45. The lowest BCUT2D eigenvalue weighted by Crippen LogP contribution is -2.08. The number of hydrogen-bond donors (Lipinski definition) is 3. The van der Waals surface area contributed by atoms with Gasteiger partial charge in [0.1, 0.15) is 5.82 Å². The maximum atomic E-state index is 5.90. The third-order valence-electron chi connectivity index (χ3n) is 3.08. The summed E-state index contributed by atoms with van der Waals surface area (Å²) >= 11 is 1.46. The van der Waals surface area contributed by atoms with Gasteiger partial charge in [-0.15, -0.1) is 11.3 Å². The molecule has 0 amide bonds. The number of nitrogens with two attached hydrogens (primary N) is 2. The van der Waals surface area contributed by atoms with Crippen LogP contribution in [0.25, 0.3) is 11.0 Å². The highest BCUT2D eigenvalue weighted by molar-refractivity contribution is 7.13. The van der Waals surface area contributed by atoms with E-state index in [0.717, 1.165) is 36.1 Å². The summed E-state index contributed by atoms with van der Waals surface area (Å²) in [7, 11) is 1.82. The van der Waals surface area contributed by atoms with E-state index in [1.54, 1.807) is 10.9 Å². The smallest absolute Gasteiger partial charge is 0.226 e. The molecular formula is C12H16N8S. The molecule has 5 N–H and O–H groups in total. The van der Waals surface area contributed by atoms with Crippen LogP contribution in [0.1, 0.15) is 12.1 Å². The minimum Gasteiger partial charge on any atom is -0.383 e. The molecule has 0 unspecified atom stereocenters.